The smallest absolute Gasteiger partial charge is 0.264 e. The number of ether oxygens (including phenoxy) is 1. The number of sulfonamides is 1. The van der Waals surface area contributed by atoms with Crippen molar-refractivity contribution in [1.82, 2.24) is 10.2 Å². The van der Waals surface area contributed by atoms with Crippen molar-refractivity contribution in [3.63, 3.8) is 0 Å². The first-order valence-corrected chi connectivity index (χ1v) is 15.2. The lowest BCUT2D eigenvalue weighted by molar-refractivity contribution is -0.139. The van der Waals surface area contributed by atoms with E-state index < -0.39 is 28.5 Å². The molecule has 0 bridgehead atoms. The van der Waals surface area contributed by atoms with Crippen LogP contribution in [0.4, 0.5) is 5.69 Å². The second-order valence-corrected chi connectivity index (χ2v) is 12.3. The molecule has 0 saturated carbocycles. The van der Waals surface area contributed by atoms with Crippen molar-refractivity contribution in [3.8, 4) is 5.75 Å². The Hall–Kier alpha value is -3.85. The van der Waals surface area contributed by atoms with Gasteiger partial charge in [-0.05, 0) is 82.0 Å². The van der Waals surface area contributed by atoms with Crippen LogP contribution >= 0.6 is 0 Å². The zero-order chi connectivity index (χ0) is 30.3. The van der Waals surface area contributed by atoms with Crippen molar-refractivity contribution in [3.05, 3.63) is 89.0 Å². The molecule has 3 rings (SSSR count). The molecular formula is C32H41N3O5S. The number of rotatable bonds is 12. The van der Waals surface area contributed by atoms with Crippen molar-refractivity contribution in [2.75, 3.05) is 18.0 Å². The molecule has 2 amide bonds. The minimum absolute atomic E-state index is 0.0486. The summed E-state index contributed by atoms with van der Waals surface area (Å²) in [7, 11) is -2.74. The molecule has 2 atom stereocenters. The van der Waals surface area contributed by atoms with Gasteiger partial charge in [0.05, 0.1) is 17.7 Å². The van der Waals surface area contributed by atoms with Gasteiger partial charge >= 0.3 is 0 Å². The van der Waals surface area contributed by atoms with Gasteiger partial charge in [-0.15, -0.1) is 0 Å². The molecule has 0 unspecified atom stereocenters. The predicted octanol–water partition coefficient (Wildman–Crippen LogP) is 5.15. The van der Waals surface area contributed by atoms with E-state index >= 15 is 0 Å². The van der Waals surface area contributed by atoms with Crippen LogP contribution in [-0.2, 0) is 26.2 Å². The third kappa shape index (κ3) is 7.67. The molecule has 0 fully saturated rings. The van der Waals surface area contributed by atoms with E-state index in [1.807, 2.05) is 65.0 Å². The standard InChI is InChI=1S/C32H41N3O5S/c1-8-25(5)33-32(37)26(6)34(20-27-12-10-9-11-24(27)4)31(36)21-35(29-19-23(3)15-18-30(29)40-7)41(38,39)28-16-13-22(2)14-17-28/h9-19,25-26H,8,20-21H2,1-7H3,(H,33,37)/t25-,26+/m1/s1. The highest BCUT2D eigenvalue weighted by Crippen LogP contribution is 2.34. The van der Waals surface area contributed by atoms with E-state index in [9.17, 15) is 18.0 Å². The van der Waals surface area contributed by atoms with E-state index in [-0.39, 0.29) is 29.1 Å². The molecule has 1 N–H and O–H groups in total. The van der Waals surface area contributed by atoms with Gasteiger partial charge in [0, 0.05) is 12.6 Å². The summed E-state index contributed by atoms with van der Waals surface area (Å²) in [6.07, 6.45) is 0.736. The second-order valence-electron chi connectivity index (χ2n) is 10.4. The fraction of sp³-hybridized carbons (Fsp3) is 0.375. The Balaban J connectivity index is 2.11. The Labute approximate surface area is 244 Å². The summed E-state index contributed by atoms with van der Waals surface area (Å²) in [4.78, 5) is 28.9. The van der Waals surface area contributed by atoms with Gasteiger partial charge in [-0.25, -0.2) is 8.42 Å². The van der Waals surface area contributed by atoms with Crippen molar-refractivity contribution in [2.45, 2.75) is 71.5 Å². The van der Waals surface area contributed by atoms with E-state index in [2.05, 4.69) is 5.32 Å². The molecule has 0 aromatic heterocycles. The fourth-order valence-electron chi connectivity index (χ4n) is 4.36. The largest absolute Gasteiger partial charge is 0.495 e. The minimum atomic E-state index is -4.19. The van der Waals surface area contributed by atoms with Crippen molar-refractivity contribution < 1.29 is 22.7 Å². The Bertz CT molecular complexity index is 1470. The molecule has 8 nitrogen and oxygen atoms in total. The number of anilines is 1. The average Bonchev–Trinajstić information content (AvgIpc) is 2.95. The van der Waals surface area contributed by atoms with Crippen LogP contribution in [0.15, 0.2) is 71.6 Å². The molecule has 0 aliphatic carbocycles. The molecule has 0 heterocycles. The normalized spacial score (nSPS) is 12.8. The van der Waals surface area contributed by atoms with Crippen molar-refractivity contribution >= 4 is 27.5 Å². The van der Waals surface area contributed by atoms with Crippen LogP contribution in [0.3, 0.4) is 0 Å². The zero-order valence-corrected chi connectivity index (χ0v) is 25.8. The maximum atomic E-state index is 14.2. The summed E-state index contributed by atoms with van der Waals surface area (Å²) in [5.74, 6) is -0.506. The van der Waals surface area contributed by atoms with Gasteiger partial charge in [0.2, 0.25) is 11.8 Å². The van der Waals surface area contributed by atoms with Crippen molar-refractivity contribution in [2.24, 2.45) is 0 Å². The van der Waals surface area contributed by atoms with Crippen molar-refractivity contribution in [1.29, 1.82) is 0 Å². The Kier molecular flexibility index (Phi) is 10.6. The van der Waals surface area contributed by atoms with Crippen LogP contribution < -0.4 is 14.4 Å². The second kappa shape index (κ2) is 13.7. The third-order valence-electron chi connectivity index (χ3n) is 7.26. The first-order valence-electron chi connectivity index (χ1n) is 13.8. The number of methoxy groups -OCH3 is 1. The highest BCUT2D eigenvalue weighted by molar-refractivity contribution is 7.92. The van der Waals surface area contributed by atoms with E-state index in [0.29, 0.717) is 5.75 Å². The number of carbonyl (C=O) groups is 2. The molecule has 0 saturated heterocycles. The van der Waals surface area contributed by atoms with Crippen LogP contribution in [0.2, 0.25) is 0 Å². The van der Waals surface area contributed by atoms with Gasteiger partial charge < -0.3 is 15.0 Å². The van der Waals surface area contributed by atoms with Crippen LogP contribution in [0.5, 0.6) is 5.75 Å². The first kappa shape index (κ1) is 31.7. The van der Waals surface area contributed by atoms with Crippen LogP contribution in [-0.4, -0.2) is 50.9 Å². The molecule has 41 heavy (non-hydrogen) atoms. The van der Waals surface area contributed by atoms with Gasteiger partial charge in [-0.2, -0.15) is 0 Å². The number of hydrogen-bond acceptors (Lipinski definition) is 5. The fourth-order valence-corrected chi connectivity index (χ4v) is 5.78. The predicted molar refractivity (Wildman–Crippen MR) is 163 cm³/mol. The summed E-state index contributed by atoms with van der Waals surface area (Å²) in [6, 6.07) is 18.4. The Morgan fingerprint density at radius 3 is 2.17 bits per heavy atom. The maximum Gasteiger partial charge on any atom is 0.264 e. The van der Waals surface area contributed by atoms with E-state index in [0.717, 1.165) is 33.0 Å². The monoisotopic (exact) mass is 579 g/mol. The number of nitrogens with one attached hydrogen (secondary N) is 1. The number of hydrogen-bond donors (Lipinski definition) is 1. The lowest BCUT2D eigenvalue weighted by atomic mass is 10.1. The van der Waals surface area contributed by atoms with E-state index in [1.54, 1.807) is 31.2 Å². The van der Waals surface area contributed by atoms with Crippen LogP contribution in [0, 0.1) is 20.8 Å². The minimum Gasteiger partial charge on any atom is -0.495 e. The summed E-state index contributed by atoms with van der Waals surface area (Å²) in [5, 5.41) is 2.95. The highest BCUT2D eigenvalue weighted by atomic mass is 32.2. The molecule has 3 aromatic carbocycles. The first-order chi connectivity index (χ1) is 19.4. The lowest BCUT2D eigenvalue weighted by Crippen LogP contribution is -2.52. The highest BCUT2D eigenvalue weighted by Gasteiger charge is 2.34. The number of carbonyl (C=O) groups excluding carboxylic acids is 2. The molecule has 0 aliphatic heterocycles. The number of amides is 2. The van der Waals surface area contributed by atoms with Crippen LogP contribution in [0.1, 0.15) is 49.4 Å². The number of benzene rings is 3. The van der Waals surface area contributed by atoms with Gasteiger partial charge in [-0.3, -0.25) is 13.9 Å². The number of nitrogens with zero attached hydrogens (tertiary/aromatic N) is 2. The molecule has 9 heteroatoms. The third-order valence-corrected chi connectivity index (χ3v) is 9.04. The Morgan fingerprint density at radius 1 is 0.927 bits per heavy atom. The topological polar surface area (TPSA) is 96.0 Å². The maximum absolute atomic E-state index is 14.2. The quantitative estimate of drug-likeness (QED) is 0.320. The molecule has 0 aliphatic rings. The van der Waals surface area contributed by atoms with E-state index in [4.69, 9.17) is 4.74 Å². The summed E-state index contributed by atoms with van der Waals surface area (Å²) in [5.41, 5.74) is 3.78. The summed E-state index contributed by atoms with van der Waals surface area (Å²) >= 11 is 0. The molecule has 0 spiro atoms. The molecular weight excluding hydrogens is 538 g/mol. The van der Waals surface area contributed by atoms with Gasteiger partial charge in [0.15, 0.2) is 0 Å². The van der Waals surface area contributed by atoms with Crippen LogP contribution in [0.25, 0.3) is 0 Å². The summed E-state index contributed by atoms with van der Waals surface area (Å²) < 4.78 is 34.8. The average molecular weight is 580 g/mol. The number of aryl methyl sites for hydroxylation is 3. The van der Waals surface area contributed by atoms with E-state index in [1.165, 1.54) is 24.1 Å². The Morgan fingerprint density at radius 2 is 1.56 bits per heavy atom. The van der Waals surface area contributed by atoms with Gasteiger partial charge in [0.25, 0.3) is 10.0 Å². The lowest BCUT2D eigenvalue weighted by Gasteiger charge is -2.33. The zero-order valence-electron chi connectivity index (χ0n) is 25.0. The molecule has 0 radical (unpaired) electrons. The molecule has 3 aromatic rings. The van der Waals surface area contributed by atoms with Gasteiger partial charge in [-0.1, -0.05) is 55.0 Å². The molecule has 220 valence electrons. The van der Waals surface area contributed by atoms with Gasteiger partial charge in [0.1, 0.15) is 18.3 Å². The summed E-state index contributed by atoms with van der Waals surface area (Å²) in [6.45, 7) is 10.8. The SMILES string of the molecule is CC[C@@H](C)NC(=O)[C@H](C)N(Cc1ccccc1C)C(=O)CN(c1cc(C)ccc1OC)S(=O)(=O)c1ccc(C)cc1.